The van der Waals surface area contributed by atoms with Crippen molar-refractivity contribution in [2.45, 2.75) is 19.4 Å². The zero-order valence-electron chi connectivity index (χ0n) is 15.7. The summed E-state index contributed by atoms with van der Waals surface area (Å²) >= 11 is 6.17. The van der Waals surface area contributed by atoms with E-state index in [4.69, 9.17) is 11.6 Å². The molecule has 0 unspecified atom stereocenters. The Morgan fingerprint density at radius 1 is 1.21 bits per heavy atom. The second kappa shape index (κ2) is 6.68. The van der Waals surface area contributed by atoms with Gasteiger partial charge in [0.2, 0.25) is 0 Å². The largest absolute Gasteiger partial charge is 0.328 e. The number of carbonyl (C=O) groups excluding carboxylic acids is 2. The minimum Gasteiger partial charge on any atom is -0.328 e. The first-order valence-electron chi connectivity index (χ1n) is 8.92. The van der Waals surface area contributed by atoms with Crippen LogP contribution in [0, 0.1) is 0 Å². The van der Waals surface area contributed by atoms with Crippen molar-refractivity contribution in [2.75, 3.05) is 20.6 Å². The van der Waals surface area contributed by atoms with Gasteiger partial charge in [0.15, 0.2) is 0 Å². The first-order chi connectivity index (χ1) is 13.3. The highest BCUT2D eigenvalue weighted by Gasteiger charge is 2.38. The number of hydrogen-bond acceptors (Lipinski definition) is 5. The zero-order chi connectivity index (χ0) is 20.2. The Bertz CT molecular complexity index is 1100. The van der Waals surface area contributed by atoms with E-state index in [2.05, 4.69) is 9.98 Å². The number of amides is 2. The molecule has 2 aromatic rings. The van der Waals surface area contributed by atoms with Gasteiger partial charge in [0.05, 0.1) is 33.1 Å². The smallest absolute Gasteiger partial charge is 0.261 e. The molecule has 1 atom stereocenters. The topological polar surface area (TPSA) is 85.8 Å². The summed E-state index contributed by atoms with van der Waals surface area (Å²) in [5, 5.41) is 0.318. The molecule has 0 aliphatic carbocycles. The lowest BCUT2D eigenvalue weighted by Crippen LogP contribution is -2.41. The number of nitrogens with one attached hydrogen (secondary N) is 1. The van der Waals surface area contributed by atoms with Crippen LogP contribution in [0.4, 0.5) is 5.69 Å². The van der Waals surface area contributed by atoms with Gasteiger partial charge in [0, 0.05) is 25.2 Å². The molecule has 0 saturated carbocycles. The van der Waals surface area contributed by atoms with E-state index in [1.54, 1.807) is 18.2 Å². The number of hydrogen-bond donors (Lipinski definition) is 1. The highest BCUT2D eigenvalue weighted by molar-refractivity contribution is 6.34. The maximum atomic E-state index is 12.8. The average Bonchev–Trinajstić information content (AvgIpc) is 3.14. The van der Waals surface area contributed by atoms with Crippen molar-refractivity contribution in [3.05, 3.63) is 62.0 Å². The number of aromatic nitrogens is 1. The van der Waals surface area contributed by atoms with E-state index in [0.717, 1.165) is 5.56 Å². The van der Waals surface area contributed by atoms with Crippen LogP contribution in [0.15, 0.2) is 34.2 Å². The summed E-state index contributed by atoms with van der Waals surface area (Å²) in [6.45, 7) is 2.29. The molecule has 144 valence electrons. The number of nitrogens with zero attached hydrogens (tertiary/aromatic N) is 3. The number of pyridine rings is 1. The number of aromatic amines is 1. The number of likely N-dealkylation sites (N-methyl/N-ethyl adjacent to an activating group) is 1. The molecule has 4 rings (SSSR count). The van der Waals surface area contributed by atoms with E-state index in [-0.39, 0.29) is 23.4 Å². The normalized spacial score (nSPS) is 16.5. The molecule has 2 aliphatic rings. The van der Waals surface area contributed by atoms with Gasteiger partial charge in [0.1, 0.15) is 0 Å². The summed E-state index contributed by atoms with van der Waals surface area (Å²) in [5.41, 5.74) is 2.67. The molecule has 7 nitrogen and oxygen atoms in total. The maximum Gasteiger partial charge on any atom is 0.261 e. The van der Waals surface area contributed by atoms with Crippen molar-refractivity contribution in [1.82, 2.24) is 14.8 Å². The molecule has 2 amide bonds. The van der Waals surface area contributed by atoms with Crippen LogP contribution < -0.4 is 5.56 Å². The predicted octanol–water partition coefficient (Wildman–Crippen LogP) is 2.25. The van der Waals surface area contributed by atoms with Crippen LogP contribution in [-0.4, -0.2) is 59.0 Å². The Hall–Kier alpha value is -2.77. The molecular formula is C20H19ClN4O3. The van der Waals surface area contributed by atoms with Crippen LogP contribution >= 0.6 is 11.6 Å². The van der Waals surface area contributed by atoms with Crippen LogP contribution in [0.5, 0.6) is 0 Å². The van der Waals surface area contributed by atoms with Gasteiger partial charge in [-0.25, -0.2) is 0 Å². The van der Waals surface area contributed by atoms with E-state index in [9.17, 15) is 14.4 Å². The Labute approximate surface area is 166 Å². The molecule has 0 bridgehead atoms. The summed E-state index contributed by atoms with van der Waals surface area (Å²) in [6, 6.07) is 5.00. The lowest BCUT2D eigenvalue weighted by molar-refractivity contribution is 0.0618. The summed E-state index contributed by atoms with van der Waals surface area (Å²) in [4.78, 5) is 48.1. The predicted molar refractivity (Wildman–Crippen MR) is 107 cm³/mol. The van der Waals surface area contributed by atoms with Crippen molar-refractivity contribution >= 4 is 34.8 Å². The van der Waals surface area contributed by atoms with Crippen molar-refractivity contribution in [3.63, 3.8) is 0 Å². The van der Waals surface area contributed by atoms with E-state index < -0.39 is 0 Å². The minimum absolute atomic E-state index is 0.0469. The first-order valence-corrected chi connectivity index (χ1v) is 9.30. The maximum absolute atomic E-state index is 12.8. The fraction of sp³-hybridized carbons (Fsp3) is 0.300. The van der Waals surface area contributed by atoms with Crippen LogP contribution in [0.1, 0.15) is 38.8 Å². The molecule has 0 saturated heterocycles. The van der Waals surface area contributed by atoms with Crippen molar-refractivity contribution in [1.29, 1.82) is 0 Å². The molecule has 0 radical (unpaired) electrons. The van der Waals surface area contributed by atoms with Gasteiger partial charge < -0.3 is 9.88 Å². The lowest BCUT2D eigenvalue weighted by Gasteiger charge is -2.24. The zero-order valence-corrected chi connectivity index (χ0v) is 16.5. The van der Waals surface area contributed by atoms with Crippen LogP contribution in [0.3, 0.4) is 0 Å². The average molecular weight is 399 g/mol. The Kier molecular flexibility index (Phi) is 4.44. The first kappa shape index (κ1) is 18.6. The number of H-pyrrole nitrogens is 1. The van der Waals surface area contributed by atoms with Crippen molar-refractivity contribution < 1.29 is 9.59 Å². The number of halogens is 1. The number of carbonyl (C=O) groups is 2. The SMILES string of the molecule is C[C@@H](CN1C(=O)c2cc3c(cc2C1=O)N=C(c1c(Cl)cc[nH]c1=O)C3)N(C)C. The summed E-state index contributed by atoms with van der Waals surface area (Å²) in [6.07, 6.45) is 1.86. The highest BCUT2D eigenvalue weighted by atomic mass is 35.5. The summed E-state index contributed by atoms with van der Waals surface area (Å²) < 4.78 is 0. The van der Waals surface area contributed by atoms with Gasteiger partial charge >= 0.3 is 0 Å². The monoisotopic (exact) mass is 398 g/mol. The van der Waals surface area contributed by atoms with Crippen molar-refractivity contribution in [2.24, 2.45) is 4.99 Å². The van der Waals surface area contributed by atoms with Gasteiger partial charge in [-0.05, 0) is 44.8 Å². The molecule has 1 N–H and O–H groups in total. The Balaban J connectivity index is 1.69. The molecule has 1 aromatic heterocycles. The molecule has 8 heteroatoms. The highest BCUT2D eigenvalue weighted by Crippen LogP contribution is 2.35. The quantitative estimate of drug-likeness (QED) is 0.800. The molecule has 0 fully saturated rings. The molecule has 2 aliphatic heterocycles. The lowest BCUT2D eigenvalue weighted by atomic mass is 10.0. The number of fused-ring (bicyclic) bond motifs is 2. The Morgan fingerprint density at radius 2 is 1.89 bits per heavy atom. The third-order valence-electron chi connectivity index (χ3n) is 5.31. The van der Waals surface area contributed by atoms with Gasteiger partial charge in [-0.15, -0.1) is 0 Å². The van der Waals surface area contributed by atoms with Gasteiger partial charge in [-0.3, -0.25) is 24.3 Å². The van der Waals surface area contributed by atoms with E-state index >= 15 is 0 Å². The number of aliphatic imine (C=N–C) groups is 1. The van der Waals surface area contributed by atoms with E-state index in [0.29, 0.717) is 46.1 Å². The van der Waals surface area contributed by atoms with Gasteiger partial charge in [0.25, 0.3) is 17.4 Å². The third kappa shape index (κ3) is 2.87. The summed E-state index contributed by atoms with van der Waals surface area (Å²) in [5.74, 6) is -0.601. The van der Waals surface area contributed by atoms with Crippen LogP contribution in [0.25, 0.3) is 0 Å². The van der Waals surface area contributed by atoms with Gasteiger partial charge in [-0.2, -0.15) is 0 Å². The number of imide groups is 1. The fourth-order valence-electron chi connectivity index (χ4n) is 3.44. The molecular weight excluding hydrogens is 380 g/mol. The molecule has 1 aromatic carbocycles. The van der Waals surface area contributed by atoms with E-state index in [1.165, 1.54) is 11.1 Å². The number of benzene rings is 1. The second-order valence-corrected chi connectivity index (χ2v) is 7.73. The molecule has 28 heavy (non-hydrogen) atoms. The molecule has 3 heterocycles. The minimum atomic E-state index is -0.317. The Morgan fingerprint density at radius 3 is 2.54 bits per heavy atom. The number of rotatable bonds is 4. The third-order valence-corrected chi connectivity index (χ3v) is 5.63. The standard InChI is InChI=1S/C20H19ClN4O3/c1-10(24(2)3)9-25-19(27)12-6-11-7-16(17-14(21)4-5-22-18(17)26)23-15(11)8-13(12)20(25)28/h4-6,8,10H,7,9H2,1-3H3,(H,22,26)/t10-/m0/s1. The summed E-state index contributed by atoms with van der Waals surface area (Å²) in [7, 11) is 3.81. The van der Waals surface area contributed by atoms with Gasteiger partial charge in [-0.1, -0.05) is 11.6 Å². The van der Waals surface area contributed by atoms with Crippen LogP contribution in [-0.2, 0) is 6.42 Å². The van der Waals surface area contributed by atoms with Crippen molar-refractivity contribution in [3.8, 4) is 0 Å². The van der Waals surface area contributed by atoms with Crippen LogP contribution in [0.2, 0.25) is 5.02 Å². The molecule has 0 spiro atoms. The fourth-order valence-corrected chi connectivity index (χ4v) is 3.70. The second-order valence-electron chi connectivity index (χ2n) is 7.33. The van der Waals surface area contributed by atoms with E-state index in [1.807, 2.05) is 25.9 Å².